The van der Waals surface area contributed by atoms with Gasteiger partial charge in [0, 0.05) is 5.69 Å². The van der Waals surface area contributed by atoms with E-state index in [4.69, 9.17) is 0 Å². The van der Waals surface area contributed by atoms with E-state index in [2.05, 4.69) is 37.4 Å². The van der Waals surface area contributed by atoms with Crippen LogP contribution >= 0.6 is 0 Å². The first-order chi connectivity index (χ1) is 11.7. The second-order valence-corrected chi connectivity index (χ2v) is 7.19. The third kappa shape index (κ3) is 3.81. The van der Waals surface area contributed by atoms with Crippen molar-refractivity contribution in [3.05, 3.63) is 65.2 Å². The van der Waals surface area contributed by atoms with E-state index < -0.39 is 6.10 Å². The van der Waals surface area contributed by atoms with Crippen LogP contribution in [0, 0.1) is 19.8 Å². The molecule has 0 spiro atoms. The van der Waals surface area contributed by atoms with Gasteiger partial charge in [0.2, 0.25) is 0 Å². The first kappa shape index (κ1) is 17.0. The molecule has 2 unspecified atom stereocenters. The van der Waals surface area contributed by atoms with Gasteiger partial charge in [-0.2, -0.15) is 0 Å². The topological polar surface area (TPSA) is 32.3 Å². The van der Waals surface area contributed by atoms with Gasteiger partial charge in [-0.1, -0.05) is 67.8 Å². The molecule has 0 amide bonds. The molecule has 2 aromatic rings. The third-order valence-electron chi connectivity index (χ3n) is 5.43. The molecule has 0 saturated heterocycles. The zero-order valence-electron chi connectivity index (χ0n) is 14.8. The Morgan fingerprint density at radius 3 is 2.12 bits per heavy atom. The molecule has 0 bridgehead atoms. The Morgan fingerprint density at radius 1 is 0.875 bits per heavy atom. The van der Waals surface area contributed by atoms with Crippen LogP contribution in [0.15, 0.2) is 48.5 Å². The highest BCUT2D eigenvalue weighted by atomic mass is 16.3. The molecule has 2 N–H and O–H groups in total. The van der Waals surface area contributed by atoms with Gasteiger partial charge in [0.05, 0.1) is 12.1 Å². The molecule has 3 rings (SSSR count). The molecule has 2 heteroatoms. The largest absolute Gasteiger partial charge is 0.386 e. The third-order valence-corrected chi connectivity index (χ3v) is 5.43. The standard InChI is InChI=1S/C22H29NO/c1-16-10-9-11-17(2)20(16)23-21(18-12-5-3-6-13-18)22(24)19-14-7-4-8-15-19/h4,7-11,14-15,18,21-24H,3,5-6,12-13H2,1-2H3. The number of nitrogens with one attached hydrogen (secondary N) is 1. The molecule has 2 atom stereocenters. The van der Waals surface area contributed by atoms with Crippen LogP contribution in [0.2, 0.25) is 0 Å². The minimum atomic E-state index is -0.478. The van der Waals surface area contributed by atoms with Crippen molar-refractivity contribution in [1.82, 2.24) is 0 Å². The summed E-state index contributed by atoms with van der Waals surface area (Å²) in [6.45, 7) is 4.28. The molecule has 24 heavy (non-hydrogen) atoms. The molecule has 0 heterocycles. The highest BCUT2D eigenvalue weighted by molar-refractivity contribution is 5.57. The second kappa shape index (κ2) is 7.85. The minimum absolute atomic E-state index is 0.0625. The molecule has 0 aliphatic heterocycles. The van der Waals surface area contributed by atoms with Crippen LogP contribution < -0.4 is 5.32 Å². The van der Waals surface area contributed by atoms with Crippen LogP contribution in [-0.4, -0.2) is 11.1 Å². The van der Waals surface area contributed by atoms with E-state index in [1.54, 1.807) is 0 Å². The maximum atomic E-state index is 11.1. The van der Waals surface area contributed by atoms with Gasteiger partial charge >= 0.3 is 0 Å². The smallest absolute Gasteiger partial charge is 0.0993 e. The average Bonchev–Trinajstić information content (AvgIpc) is 2.62. The maximum absolute atomic E-state index is 11.1. The number of para-hydroxylation sites is 1. The number of hydrogen-bond donors (Lipinski definition) is 2. The minimum Gasteiger partial charge on any atom is -0.386 e. The van der Waals surface area contributed by atoms with Crippen LogP contribution in [0.4, 0.5) is 5.69 Å². The lowest BCUT2D eigenvalue weighted by molar-refractivity contribution is 0.114. The van der Waals surface area contributed by atoms with E-state index in [1.165, 1.54) is 48.9 Å². The fraction of sp³-hybridized carbons (Fsp3) is 0.455. The monoisotopic (exact) mass is 323 g/mol. The van der Waals surface area contributed by atoms with E-state index in [-0.39, 0.29) is 6.04 Å². The lowest BCUT2D eigenvalue weighted by Crippen LogP contribution is -2.37. The van der Waals surface area contributed by atoms with Crippen molar-refractivity contribution in [2.75, 3.05) is 5.32 Å². The summed E-state index contributed by atoms with van der Waals surface area (Å²) in [5, 5.41) is 14.8. The molecule has 2 nitrogen and oxygen atoms in total. The molecule has 1 saturated carbocycles. The number of anilines is 1. The predicted octanol–water partition coefficient (Wildman–Crippen LogP) is 5.40. The van der Waals surface area contributed by atoms with Crippen LogP contribution in [0.1, 0.15) is 54.9 Å². The van der Waals surface area contributed by atoms with Gasteiger partial charge in [-0.05, 0) is 49.3 Å². The number of rotatable bonds is 5. The maximum Gasteiger partial charge on any atom is 0.0993 e. The normalized spacial score (nSPS) is 18.1. The Morgan fingerprint density at radius 2 is 1.50 bits per heavy atom. The van der Waals surface area contributed by atoms with Crippen molar-refractivity contribution in [3.63, 3.8) is 0 Å². The summed E-state index contributed by atoms with van der Waals surface area (Å²) < 4.78 is 0. The summed E-state index contributed by atoms with van der Waals surface area (Å²) in [6.07, 6.45) is 5.80. The van der Waals surface area contributed by atoms with Crippen molar-refractivity contribution >= 4 is 5.69 Å². The van der Waals surface area contributed by atoms with Gasteiger partial charge in [0.25, 0.3) is 0 Å². The quantitative estimate of drug-likeness (QED) is 0.772. The van der Waals surface area contributed by atoms with Crippen LogP contribution in [0.5, 0.6) is 0 Å². The van der Waals surface area contributed by atoms with E-state index in [9.17, 15) is 5.11 Å². The Labute approximate surface area is 145 Å². The predicted molar refractivity (Wildman–Crippen MR) is 101 cm³/mol. The number of aliphatic hydroxyl groups excluding tert-OH is 1. The van der Waals surface area contributed by atoms with E-state index in [0.717, 1.165) is 5.56 Å². The molecule has 0 aromatic heterocycles. The highest BCUT2D eigenvalue weighted by Gasteiger charge is 2.31. The zero-order valence-corrected chi connectivity index (χ0v) is 14.8. The SMILES string of the molecule is Cc1cccc(C)c1NC(C1CCCCC1)C(O)c1ccccc1. The summed E-state index contributed by atoms with van der Waals surface area (Å²) in [7, 11) is 0. The van der Waals surface area contributed by atoms with Crippen molar-refractivity contribution in [2.45, 2.75) is 58.1 Å². The van der Waals surface area contributed by atoms with E-state index in [0.29, 0.717) is 5.92 Å². The Kier molecular flexibility index (Phi) is 5.57. The van der Waals surface area contributed by atoms with Gasteiger partial charge in [-0.15, -0.1) is 0 Å². The Bertz CT molecular complexity index is 626. The number of hydrogen-bond acceptors (Lipinski definition) is 2. The number of aliphatic hydroxyl groups is 1. The van der Waals surface area contributed by atoms with Gasteiger partial charge in [-0.3, -0.25) is 0 Å². The van der Waals surface area contributed by atoms with Crippen LogP contribution in [0.3, 0.4) is 0 Å². The van der Waals surface area contributed by atoms with E-state index in [1.807, 2.05) is 30.3 Å². The van der Waals surface area contributed by atoms with Gasteiger partial charge < -0.3 is 10.4 Å². The van der Waals surface area contributed by atoms with Gasteiger partial charge in [-0.25, -0.2) is 0 Å². The second-order valence-electron chi connectivity index (χ2n) is 7.19. The number of benzene rings is 2. The van der Waals surface area contributed by atoms with Crippen molar-refractivity contribution in [3.8, 4) is 0 Å². The summed E-state index contributed by atoms with van der Waals surface area (Å²) in [6, 6.07) is 16.5. The molecular formula is C22H29NO. The van der Waals surface area contributed by atoms with Crippen LogP contribution in [0.25, 0.3) is 0 Å². The molecule has 128 valence electrons. The van der Waals surface area contributed by atoms with Crippen molar-refractivity contribution in [2.24, 2.45) is 5.92 Å². The molecule has 1 fully saturated rings. The summed E-state index contributed by atoms with van der Waals surface area (Å²) in [5.41, 5.74) is 4.68. The first-order valence-electron chi connectivity index (χ1n) is 9.22. The molecule has 1 aliphatic rings. The fourth-order valence-corrected chi connectivity index (χ4v) is 4.01. The number of aryl methyl sites for hydroxylation is 2. The van der Waals surface area contributed by atoms with E-state index >= 15 is 0 Å². The highest BCUT2D eigenvalue weighted by Crippen LogP contribution is 2.35. The molecule has 2 aromatic carbocycles. The zero-order chi connectivity index (χ0) is 16.9. The summed E-state index contributed by atoms with van der Waals surface area (Å²) in [4.78, 5) is 0. The van der Waals surface area contributed by atoms with Gasteiger partial charge in [0.15, 0.2) is 0 Å². The van der Waals surface area contributed by atoms with Crippen molar-refractivity contribution < 1.29 is 5.11 Å². The molecule has 0 radical (unpaired) electrons. The summed E-state index contributed by atoms with van der Waals surface area (Å²) >= 11 is 0. The molecular weight excluding hydrogens is 294 g/mol. The van der Waals surface area contributed by atoms with Crippen molar-refractivity contribution in [1.29, 1.82) is 0 Å². The lowest BCUT2D eigenvalue weighted by atomic mass is 9.80. The Hall–Kier alpha value is -1.80. The Balaban J connectivity index is 1.90. The van der Waals surface area contributed by atoms with Crippen LogP contribution in [-0.2, 0) is 0 Å². The fourth-order valence-electron chi connectivity index (χ4n) is 4.01. The summed E-state index contributed by atoms with van der Waals surface area (Å²) in [5.74, 6) is 0.521. The molecule has 1 aliphatic carbocycles. The lowest BCUT2D eigenvalue weighted by Gasteiger charge is -2.36. The first-order valence-corrected chi connectivity index (χ1v) is 9.22. The van der Waals surface area contributed by atoms with Gasteiger partial charge in [0.1, 0.15) is 0 Å². The average molecular weight is 323 g/mol.